The summed E-state index contributed by atoms with van der Waals surface area (Å²) in [4.78, 5) is 12.0. The SMILES string of the molecule is CCCCCNc1ccc(NC(=O)COc2ccccc2OC)nn1. The molecule has 0 fully saturated rings. The maximum absolute atomic E-state index is 12.0. The van der Waals surface area contributed by atoms with Crippen molar-refractivity contribution in [2.75, 3.05) is 30.9 Å². The molecule has 0 saturated heterocycles. The summed E-state index contributed by atoms with van der Waals surface area (Å²) < 4.78 is 10.6. The van der Waals surface area contributed by atoms with Crippen LogP contribution in [-0.4, -0.2) is 36.4 Å². The van der Waals surface area contributed by atoms with Gasteiger partial charge >= 0.3 is 0 Å². The van der Waals surface area contributed by atoms with E-state index in [1.807, 2.05) is 12.1 Å². The Morgan fingerprint density at radius 3 is 2.44 bits per heavy atom. The first-order valence-electron chi connectivity index (χ1n) is 8.36. The molecule has 25 heavy (non-hydrogen) atoms. The Hall–Kier alpha value is -2.83. The fraction of sp³-hybridized carbons (Fsp3) is 0.389. The molecule has 2 N–H and O–H groups in total. The molecule has 0 spiro atoms. The summed E-state index contributed by atoms with van der Waals surface area (Å²) in [6.45, 7) is 2.88. The van der Waals surface area contributed by atoms with Crippen LogP contribution in [0.3, 0.4) is 0 Å². The number of carbonyl (C=O) groups excluding carboxylic acids is 1. The van der Waals surface area contributed by atoms with Crippen molar-refractivity contribution in [3.8, 4) is 11.5 Å². The van der Waals surface area contributed by atoms with E-state index in [0.29, 0.717) is 23.1 Å². The molecule has 0 aliphatic heterocycles. The smallest absolute Gasteiger partial charge is 0.263 e. The Bertz CT molecular complexity index is 662. The van der Waals surface area contributed by atoms with Gasteiger partial charge in [0.1, 0.15) is 5.82 Å². The molecule has 2 rings (SSSR count). The monoisotopic (exact) mass is 344 g/mol. The van der Waals surface area contributed by atoms with Crippen LogP contribution in [0, 0.1) is 0 Å². The highest BCUT2D eigenvalue weighted by Gasteiger charge is 2.08. The molecule has 1 aromatic heterocycles. The zero-order valence-electron chi connectivity index (χ0n) is 14.6. The maximum Gasteiger partial charge on any atom is 0.263 e. The summed E-state index contributed by atoms with van der Waals surface area (Å²) in [7, 11) is 1.55. The molecule has 1 amide bonds. The number of benzene rings is 1. The highest BCUT2D eigenvalue weighted by atomic mass is 16.5. The molecule has 0 radical (unpaired) electrons. The Labute approximate surface area is 147 Å². The van der Waals surface area contributed by atoms with Crippen LogP contribution in [0.15, 0.2) is 36.4 Å². The number of nitrogens with one attached hydrogen (secondary N) is 2. The van der Waals surface area contributed by atoms with Gasteiger partial charge in [-0.2, -0.15) is 0 Å². The minimum atomic E-state index is -0.316. The van der Waals surface area contributed by atoms with Gasteiger partial charge in [0, 0.05) is 6.54 Å². The number of rotatable bonds is 10. The first-order valence-corrected chi connectivity index (χ1v) is 8.36. The second-order valence-electron chi connectivity index (χ2n) is 5.43. The number of hydrogen-bond donors (Lipinski definition) is 2. The lowest BCUT2D eigenvalue weighted by Gasteiger charge is -2.10. The first-order chi connectivity index (χ1) is 12.2. The summed E-state index contributed by atoms with van der Waals surface area (Å²) in [6, 6.07) is 10.6. The fourth-order valence-corrected chi connectivity index (χ4v) is 2.14. The van der Waals surface area contributed by atoms with E-state index in [0.717, 1.165) is 13.0 Å². The molecule has 1 aromatic carbocycles. The van der Waals surface area contributed by atoms with Crippen LogP contribution in [0.4, 0.5) is 11.6 Å². The number of carbonyl (C=O) groups is 1. The summed E-state index contributed by atoms with van der Waals surface area (Å²) in [5.74, 6) is 1.85. The number of hydrogen-bond acceptors (Lipinski definition) is 6. The van der Waals surface area contributed by atoms with Crippen molar-refractivity contribution in [2.45, 2.75) is 26.2 Å². The van der Waals surface area contributed by atoms with Crippen LogP contribution in [0.2, 0.25) is 0 Å². The number of ether oxygens (including phenoxy) is 2. The van der Waals surface area contributed by atoms with Gasteiger partial charge < -0.3 is 20.1 Å². The van der Waals surface area contributed by atoms with Gasteiger partial charge in [0.2, 0.25) is 0 Å². The third-order valence-corrected chi connectivity index (χ3v) is 3.45. The highest BCUT2D eigenvalue weighted by molar-refractivity contribution is 5.90. The molecular weight excluding hydrogens is 320 g/mol. The van der Waals surface area contributed by atoms with Gasteiger partial charge in [-0.05, 0) is 30.7 Å². The number of anilines is 2. The van der Waals surface area contributed by atoms with E-state index in [-0.39, 0.29) is 12.5 Å². The predicted octanol–water partition coefficient (Wildman–Crippen LogP) is 3.10. The van der Waals surface area contributed by atoms with Gasteiger partial charge in [0.05, 0.1) is 7.11 Å². The lowest BCUT2D eigenvalue weighted by atomic mass is 10.2. The number of para-hydroxylation sites is 2. The standard InChI is InChI=1S/C18H24N4O3/c1-3-4-7-12-19-16-10-11-17(22-21-16)20-18(23)13-25-15-9-6-5-8-14(15)24-2/h5-6,8-11H,3-4,7,12-13H2,1-2H3,(H,19,21)(H,20,22,23). The van der Waals surface area contributed by atoms with E-state index < -0.39 is 0 Å². The Kier molecular flexibility index (Phi) is 7.49. The lowest BCUT2D eigenvalue weighted by Crippen LogP contribution is -2.21. The second kappa shape index (κ2) is 10.1. The number of aromatic nitrogens is 2. The van der Waals surface area contributed by atoms with E-state index in [9.17, 15) is 4.79 Å². The average Bonchev–Trinajstić information content (AvgIpc) is 2.65. The van der Waals surface area contributed by atoms with Crippen molar-refractivity contribution in [3.05, 3.63) is 36.4 Å². The molecule has 7 heteroatoms. The summed E-state index contributed by atoms with van der Waals surface area (Å²) >= 11 is 0. The van der Waals surface area contributed by atoms with Crippen LogP contribution in [-0.2, 0) is 4.79 Å². The molecule has 0 saturated carbocycles. The second-order valence-corrected chi connectivity index (χ2v) is 5.43. The van der Waals surface area contributed by atoms with E-state index in [1.54, 1.807) is 31.4 Å². The molecule has 2 aromatic rings. The third-order valence-electron chi connectivity index (χ3n) is 3.45. The van der Waals surface area contributed by atoms with Crippen LogP contribution in [0.1, 0.15) is 26.2 Å². The Morgan fingerprint density at radius 2 is 1.76 bits per heavy atom. The van der Waals surface area contributed by atoms with Crippen molar-refractivity contribution in [2.24, 2.45) is 0 Å². The highest BCUT2D eigenvalue weighted by Crippen LogP contribution is 2.25. The molecule has 134 valence electrons. The summed E-state index contributed by atoms with van der Waals surface area (Å²) in [5, 5.41) is 13.9. The maximum atomic E-state index is 12.0. The minimum Gasteiger partial charge on any atom is -0.493 e. The van der Waals surface area contributed by atoms with Gasteiger partial charge in [0.15, 0.2) is 23.9 Å². The van der Waals surface area contributed by atoms with Crippen molar-refractivity contribution in [1.29, 1.82) is 0 Å². The van der Waals surface area contributed by atoms with E-state index in [4.69, 9.17) is 9.47 Å². The third kappa shape index (κ3) is 6.29. The minimum absolute atomic E-state index is 0.140. The van der Waals surface area contributed by atoms with Gasteiger partial charge in [-0.25, -0.2) is 0 Å². The van der Waals surface area contributed by atoms with E-state index in [1.165, 1.54) is 12.8 Å². The molecule has 0 aliphatic rings. The summed E-state index contributed by atoms with van der Waals surface area (Å²) in [6.07, 6.45) is 3.45. The Balaban J connectivity index is 1.78. The molecule has 0 unspecified atom stereocenters. The normalized spacial score (nSPS) is 10.2. The number of methoxy groups -OCH3 is 1. The van der Waals surface area contributed by atoms with E-state index in [2.05, 4.69) is 27.8 Å². The molecule has 7 nitrogen and oxygen atoms in total. The van der Waals surface area contributed by atoms with Gasteiger partial charge in [-0.3, -0.25) is 4.79 Å². The first kappa shape index (κ1) is 18.5. The van der Waals surface area contributed by atoms with Crippen LogP contribution in [0.5, 0.6) is 11.5 Å². The molecule has 0 bridgehead atoms. The lowest BCUT2D eigenvalue weighted by molar-refractivity contribution is -0.118. The number of amides is 1. The van der Waals surface area contributed by atoms with Gasteiger partial charge in [-0.15, -0.1) is 10.2 Å². The zero-order valence-corrected chi connectivity index (χ0v) is 14.6. The van der Waals surface area contributed by atoms with Crippen molar-refractivity contribution >= 4 is 17.5 Å². The van der Waals surface area contributed by atoms with Crippen molar-refractivity contribution in [1.82, 2.24) is 10.2 Å². The quantitative estimate of drug-likeness (QED) is 0.644. The fourth-order valence-electron chi connectivity index (χ4n) is 2.14. The molecule has 0 atom stereocenters. The largest absolute Gasteiger partial charge is 0.493 e. The van der Waals surface area contributed by atoms with Gasteiger partial charge in [-0.1, -0.05) is 31.9 Å². The summed E-state index contributed by atoms with van der Waals surface area (Å²) in [5.41, 5.74) is 0. The van der Waals surface area contributed by atoms with E-state index >= 15 is 0 Å². The zero-order chi connectivity index (χ0) is 17.9. The van der Waals surface area contributed by atoms with Crippen LogP contribution < -0.4 is 20.1 Å². The van der Waals surface area contributed by atoms with Gasteiger partial charge in [0.25, 0.3) is 5.91 Å². The molecular formula is C18H24N4O3. The van der Waals surface area contributed by atoms with Crippen molar-refractivity contribution < 1.29 is 14.3 Å². The number of nitrogens with zero attached hydrogens (tertiary/aromatic N) is 2. The number of unbranched alkanes of at least 4 members (excludes halogenated alkanes) is 2. The average molecular weight is 344 g/mol. The van der Waals surface area contributed by atoms with Crippen LogP contribution in [0.25, 0.3) is 0 Å². The topological polar surface area (TPSA) is 85.4 Å². The molecule has 1 heterocycles. The predicted molar refractivity (Wildman–Crippen MR) is 97.2 cm³/mol. The Morgan fingerprint density at radius 1 is 1.04 bits per heavy atom. The molecule has 0 aliphatic carbocycles. The van der Waals surface area contributed by atoms with Crippen molar-refractivity contribution in [3.63, 3.8) is 0 Å². The van der Waals surface area contributed by atoms with Crippen LogP contribution >= 0.6 is 0 Å².